The van der Waals surface area contributed by atoms with Crippen molar-refractivity contribution >= 4 is 16.3 Å². The standard InChI is InChI=1S/C15H16FNS/c16-13-7-5-11(6-8-13)10-17-15-9-12-3-1-2-4-14(12)18-15/h5-9,17H,1-4,10H2. The summed E-state index contributed by atoms with van der Waals surface area (Å²) in [5.41, 5.74) is 2.63. The fourth-order valence-electron chi connectivity index (χ4n) is 2.37. The van der Waals surface area contributed by atoms with Crippen molar-refractivity contribution in [1.29, 1.82) is 0 Å². The Hall–Kier alpha value is -1.35. The molecule has 0 bridgehead atoms. The highest BCUT2D eigenvalue weighted by molar-refractivity contribution is 7.16. The maximum Gasteiger partial charge on any atom is 0.123 e. The summed E-state index contributed by atoms with van der Waals surface area (Å²) in [4.78, 5) is 1.54. The minimum Gasteiger partial charge on any atom is -0.373 e. The monoisotopic (exact) mass is 261 g/mol. The average molecular weight is 261 g/mol. The lowest BCUT2D eigenvalue weighted by atomic mass is 10.00. The Balaban J connectivity index is 1.66. The summed E-state index contributed by atoms with van der Waals surface area (Å²) in [5.74, 6) is -0.176. The molecular formula is C15H16FNS. The van der Waals surface area contributed by atoms with Crippen molar-refractivity contribution in [2.75, 3.05) is 5.32 Å². The Morgan fingerprint density at radius 2 is 1.89 bits per heavy atom. The Morgan fingerprint density at radius 3 is 2.67 bits per heavy atom. The highest BCUT2D eigenvalue weighted by Crippen LogP contribution is 2.33. The summed E-state index contributed by atoms with van der Waals surface area (Å²) >= 11 is 1.87. The molecule has 0 spiro atoms. The van der Waals surface area contributed by atoms with Crippen LogP contribution < -0.4 is 5.32 Å². The highest BCUT2D eigenvalue weighted by Gasteiger charge is 2.12. The molecule has 0 atom stereocenters. The lowest BCUT2D eigenvalue weighted by Gasteiger charge is -2.08. The van der Waals surface area contributed by atoms with Crippen molar-refractivity contribution in [2.45, 2.75) is 32.2 Å². The molecule has 1 aromatic carbocycles. The molecular weight excluding hydrogens is 245 g/mol. The molecule has 2 aromatic rings. The van der Waals surface area contributed by atoms with E-state index in [1.165, 1.54) is 48.4 Å². The third-order valence-corrected chi connectivity index (χ3v) is 4.57. The SMILES string of the molecule is Fc1ccc(CNc2cc3c(s2)CCCC3)cc1. The molecule has 0 unspecified atom stereocenters. The fourth-order valence-corrected chi connectivity index (χ4v) is 3.52. The van der Waals surface area contributed by atoms with Gasteiger partial charge in [0.1, 0.15) is 5.82 Å². The number of halogens is 1. The Kier molecular flexibility index (Phi) is 3.33. The van der Waals surface area contributed by atoms with Crippen molar-refractivity contribution in [3.05, 3.63) is 52.2 Å². The summed E-state index contributed by atoms with van der Waals surface area (Å²) in [6, 6.07) is 8.96. The number of aryl methyl sites for hydroxylation is 2. The topological polar surface area (TPSA) is 12.0 Å². The van der Waals surface area contributed by atoms with Crippen LogP contribution in [-0.4, -0.2) is 0 Å². The molecule has 0 saturated carbocycles. The van der Waals surface area contributed by atoms with E-state index in [1.807, 2.05) is 23.5 Å². The van der Waals surface area contributed by atoms with Gasteiger partial charge in [-0.05, 0) is 55.0 Å². The number of hydrogen-bond donors (Lipinski definition) is 1. The fraction of sp³-hybridized carbons (Fsp3) is 0.333. The predicted molar refractivity (Wildman–Crippen MR) is 74.7 cm³/mol. The summed E-state index contributed by atoms with van der Waals surface area (Å²) in [6.45, 7) is 0.764. The van der Waals surface area contributed by atoms with Crippen molar-refractivity contribution in [3.8, 4) is 0 Å². The molecule has 1 aromatic heterocycles. The van der Waals surface area contributed by atoms with Crippen LogP contribution in [-0.2, 0) is 19.4 Å². The van der Waals surface area contributed by atoms with Crippen molar-refractivity contribution in [2.24, 2.45) is 0 Å². The van der Waals surface area contributed by atoms with Gasteiger partial charge in [0, 0.05) is 11.4 Å². The van der Waals surface area contributed by atoms with Crippen LogP contribution in [0.1, 0.15) is 28.8 Å². The van der Waals surface area contributed by atoms with Gasteiger partial charge in [0.15, 0.2) is 0 Å². The van der Waals surface area contributed by atoms with Gasteiger partial charge in [-0.3, -0.25) is 0 Å². The number of fused-ring (bicyclic) bond motifs is 1. The molecule has 0 aliphatic heterocycles. The second-order valence-corrected chi connectivity index (χ2v) is 5.88. The van der Waals surface area contributed by atoms with Gasteiger partial charge in [-0.25, -0.2) is 4.39 Å². The van der Waals surface area contributed by atoms with Gasteiger partial charge in [0.05, 0.1) is 5.00 Å². The molecule has 18 heavy (non-hydrogen) atoms. The Labute approximate surface area is 111 Å². The van der Waals surface area contributed by atoms with Gasteiger partial charge < -0.3 is 5.32 Å². The van der Waals surface area contributed by atoms with E-state index in [2.05, 4.69) is 11.4 Å². The van der Waals surface area contributed by atoms with Gasteiger partial charge in [-0.2, -0.15) is 0 Å². The third-order valence-electron chi connectivity index (χ3n) is 3.38. The van der Waals surface area contributed by atoms with Gasteiger partial charge in [-0.15, -0.1) is 11.3 Å². The van der Waals surface area contributed by atoms with Crippen LogP contribution in [0.3, 0.4) is 0 Å². The second-order valence-electron chi connectivity index (χ2n) is 4.75. The van der Waals surface area contributed by atoms with E-state index in [0.29, 0.717) is 0 Å². The number of hydrogen-bond acceptors (Lipinski definition) is 2. The van der Waals surface area contributed by atoms with Crippen LogP contribution in [0, 0.1) is 5.82 Å². The molecule has 94 valence electrons. The Bertz CT molecular complexity index is 506. The maximum atomic E-state index is 12.8. The molecule has 1 aliphatic rings. The summed E-state index contributed by atoms with van der Waals surface area (Å²) in [5, 5.41) is 4.68. The van der Waals surface area contributed by atoms with Gasteiger partial charge in [0.25, 0.3) is 0 Å². The van der Waals surface area contributed by atoms with Crippen molar-refractivity contribution < 1.29 is 4.39 Å². The van der Waals surface area contributed by atoms with E-state index in [1.54, 1.807) is 4.88 Å². The number of benzene rings is 1. The minimum absolute atomic E-state index is 0.176. The molecule has 3 heteroatoms. The lowest BCUT2D eigenvalue weighted by Crippen LogP contribution is -1.97. The van der Waals surface area contributed by atoms with E-state index in [-0.39, 0.29) is 5.82 Å². The van der Waals surface area contributed by atoms with Crippen molar-refractivity contribution in [1.82, 2.24) is 0 Å². The zero-order chi connectivity index (χ0) is 12.4. The maximum absolute atomic E-state index is 12.8. The molecule has 0 amide bonds. The van der Waals surface area contributed by atoms with Gasteiger partial charge in [0.2, 0.25) is 0 Å². The molecule has 0 saturated heterocycles. The number of nitrogens with one attached hydrogen (secondary N) is 1. The lowest BCUT2D eigenvalue weighted by molar-refractivity contribution is 0.627. The van der Waals surface area contributed by atoms with E-state index >= 15 is 0 Å². The van der Waals surface area contributed by atoms with Crippen LogP contribution in [0.15, 0.2) is 30.3 Å². The first-order chi connectivity index (χ1) is 8.81. The number of anilines is 1. The molecule has 1 heterocycles. The van der Waals surface area contributed by atoms with E-state index < -0.39 is 0 Å². The van der Waals surface area contributed by atoms with E-state index in [4.69, 9.17) is 0 Å². The average Bonchev–Trinajstić information content (AvgIpc) is 2.81. The van der Waals surface area contributed by atoms with Gasteiger partial charge >= 0.3 is 0 Å². The number of rotatable bonds is 3. The second kappa shape index (κ2) is 5.11. The summed E-state index contributed by atoms with van der Waals surface area (Å²) < 4.78 is 12.8. The quantitative estimate of drug-likeness (QED) is 0.864. The minimum atomic E-state index is -0.176. The molecule has 1 nitrogen and oxygen atoms in total. The largest absolute Gasteiger partial charge is 0.373 e. The van der Waals surface area contributed by atoms with Crippen LogP contribution >= 0.6 is 11.3 Å². The molecule has 0 fully saturated rings. The zero-order valence-corrected chi connectivity index (χ0v) is 11.0. The first-order valence-electron chi connectivity index (χ1n) is 6.41. The molecule has 0 radical (unpaired) electrons. The van der Waals surface area contributed by atoms with Gasteiger partial charge in [-0.1, -0.05) is 12.1 Å². The van der Waals surface area contributed by atoms with Crippen LogP contribution in [0.4, 0.5) is 9.39 Å². The van der Waals surface area contributed by atoms with Crippen molar-refractivity contribution in [3.63, 3.8) is 0 Å². The first kappa shape index (κ1) is 11.7. The van der Waals surface area contributed by atoms with Crippen LogP contribution in [0.5, 0.6) is 0 Å². The zero-order valence-electron chi connectivity index (χ0n) is 10.2. The molecule has 1 N–H and O–H groups in total. The van der Waals surface area contributed by atoms with Crippen LogP contribution in [0.25, 0.3) is 0 Å². The summed E-state index contributed by atoms with van der Waals surface area (Å²) in [6.07, 6.45) is 5.11. The normalized spacial score (nSPS) is 14.3. The summed E-state index contributed by atoms with van der Waals surface area (Å²) in [7, 11) is 0. The predicted octanol–water partition coefficient (Wildman–Crippen LogP) is 4.38. The Morgan fingerprint density at radius 1 is 1.11 bits per heavy atom. The van der Waals surface area contributed by atoms with E-state index in [9.17, 15) is 4.39 Å². The first-order valence-corrected chi connectivity index (χ1v) is 7.23. The third kappa shape index (κ3) is 2.56. The smallest absolute Gasteiger partial charge is 0.123 e. The molecule has 3 rings (SSSR count). The van der Waals surface area contributed by atoms with Crippen LogP contribution in [0.2, 0.25) is 0 Å². The van der Waals surface area contributed by atoms with E-state index in [0.717, 1.165) is 12.1 Å². The highest BCUT2D eigenvalue weighted by atomic mass is 32.1. The number of thiophene rings is 1. The molecule has 1 aliphatic carbocycles.